The van der Waals surface area contributed by atoms with E-state index >= 15 is 0 Å². The molecule has 3 rings (SSSR count). The van der Waals surface area contributed by atoms with Crippen LogP contribution < -0.4 is 18.9 Å². The van der Waals surface area contributed by atoms with E-state index in [1.165, 1.54) is 40.6 Å². The van der Waals surface area contributed by atoms with Crippen molar-refractivity contribution in [2.75, 3.05) is 28.4 Å². The van der Waals surface area contributed by atoms with E-state index in [-0.39, 0.29) is 22.6 Å². The molecule has 32 heavy (non-hydrogen) atoms. The van der Waals surface area contributed by atoms with Gasteiger partial charge in [0.15, 0.2) is 0 Å². The third kappa shape index (κ3) is 4.15. The van der Waals surface area contributed by atoms with E-state index in [1.807, 2.05) is 0 Å². The van der Waals surface area contributed by atoms with Gasteiger partial charge in [-0.1, -0.05) is 12.1 Å². The van der Waals surface area contributed by atoms with E-state index < -0.39 is 11.9 Å². The maximum atomic E-state index is 11.4. The average Bonchev–Trinajstić information content (AvgIpc) is 2.81. The summed E-state index contributed by atoms with van der Waals surface area (Å²) in [6, 6.07) is 13.0. The van der Waals surface area contributed by atoms with E-state index in [1.54, 1.807) is 36.4 Å². The fourth-order valence-corrected chi connectivity index (χ4v) is 3.42. The number of ether oxygens (including phenoxy) is 4. The summed E-state index contributed by atoms with van der Waals surface area (Å²) in [7, 11) is 5.85. The molecule has 166 valence electrons. The first-order chi connectivity index (χ1) is 15.3. The minimum Gasteiger partial charge on any atom is -0.496 e. The zero-order valence-corrected chi connectivity index (χ0v) is 18.0. The van der Waals surface area contributed by atoms with Gasteiger partial charge in [-0.25, -0.2) is 9.59 Å². The van der Waals surface area contributed by atoms with Crippen molar-refractivity contribution >= 4 is 11.9 Å². The van der Waals surface area contributed by atoms with Gasteiger partial charge in [-0.05, 0) is 47.5 Å². The van der Waals surface area contributed by atoms with Crippen LogP contribution >= 0.6 is 0 Å². The van der Waals surface area contributed by atoms with Gasteiger partial charge in [0.1, 0.15) is 34.1 Å². The number of carboxylic acids is 2. The first kappa shape index (κ1) is 22.5. The molecule has 0 saturated heterocycles. The number of carboxylic acid groups (broad SMARTS) is 2. The monoisotopic (exact) mass is 438 g/mol. The van der Waals surface area contributed by atoms with Crippen molar-refractivity contribution in [3.05, 3.63) is 59.7 Å². The predicted octanol–water partition coefficient (Wildman–Crippen LogP) is 4.45. The minimum atomic E-state index is -1.09. The maximum absolute atomic E-state index is 11.4. The molecule has 0 spiro atoms. The molecule has 0 unspecified atom stereocenters. The second-order valence-corrected chi connectivity index (χ2v) is 6.69. The lowest BCUT2D eigenvalue weighted by molar-refractivity contribution is 0.0682. The Hall–Kier alpha value is -4.20. The van der Waals surface area contributed by atoms with Gasteiger partial charge in [-0.3, -0.25) is 0 Å². The fourth-order valence-electron chi connectivity index (χ4n) is 3.42. The standard InChI is InChI=1S/C24H22O8/c1-29-19-9-13(5-7-15(19)23(25)26)17-11-22(32-4)18(12-21(17)31-3)14-6-8-16(24(27)28)20(10-14)30-2/h5-12H,1-4H3,(H,25,26)(H,27,28). The quantitative estimate of drug-likeness (QED) is 0.531. The summed E-state index contributed by atoms with van der Waals surface area (Å²) in [6.07, 6.45) is 0. The average molecular weight is 438 g/mol. The summed E-state index contributed by atoms with van der Waals surface area (Å²) in [5, 5.41) is 18.7. The highest BCUT2D eigenvalue weighted by Crippen LogP contribution is 2.42. The van der Waals surface area contributed by atoms with E-state index in [0.717, 1.165) is 0 Å². The Balaban J connectivity index is 2.18. The van der Waals surface area contributed by atoms with Gasteiger partial charge in [0, 0.05) is 11.1 Å². The van der Waals surface area contributed by atoms with Crippen LogP contribution in [0.15, 0.2) is 48.5 Å². The Kier molecular flexibility index (Phi) is 6.53. The second kappa shape index (κ2) is 9.30. The first-order valence-corrected chi connectivity index (χ1v) is 9.44. The minimum absolute atomic E-state index is 0.0458. The van der Waals surface area contributed by atoms with Crippen LogP contribution in [0.4, 0.5) is 0 Å². The van der Waals surface area contributed by atoms with Crippen molar-refractivity contribution in [3.63, 3.8) is 0 Å². The zero-order valence-electron chi connectivity index (χ0n) is 18.0. The van der Waals surface area contributed by atoms with Crippen molar-refractivity contribution < 1.29 is 38.7 Å². The van der Waals surface area contributed by atoms with Gasteiger partial charge < -0.3 is 29.2 Å². The Bertz CT molecular complexity index is 1090. The summed E-state index contributed by atoms with van der Waals surface area (Å²) in [5.74, 6) is -0.735. The molecular formula is C24H22O8. The Morgan fingerprint density at radius 2 is 0.906 bits per heavy atom. The van der Waals surface area contributed by atoms with Gasteiger partial charge >= 0.3 is 11.9 Å². The van der Waals surface area contributed by atoms with Crippen LogP contribution in [0, 0.1) is 0 Å². The molecule has 0 radical (unpaired) electrons. The lowest BCUT2D eigenvalue weighted by atomic mass is 9.96. The molecule has 3 aromatic rings. The van der Waals surface area contributed by atoms with E-state index in [0.29, 0.717) is 33.8 Å². The number of hydrogen-bond donors (Lipinski definition) is 2. The molecule has 3 aromatic carbocycles. The summed E-state index contributed by atoms with van der Waals surface area (Å²) >= 11 is 0. The van der Waals surface area contributed by atoms with Gasteiger partial charge in [-0.2, -0.15) is 0 Å². The zero-order chi connectivity index (χ0) is 23.4. The topological polar surface area (TPSA) is 112 Å². The smallest absolute Gasteiger partial charge is 0.339 e. The van der Waals surface area contributed by atoms with Crippen molar-refractivity contribution in [1.29, 1.82) is 0 Å². The summed E-state index contributed by atoms with van der Waals surface area (Å²) < 4.78 is 21.7. The first-order valence-electron chi connectivity index (χ1n) is 9.44. The Morgan fingerprint density at radius 3 is 1.19 bits per heavy atom. The largest absolute Gasteiger partial charge is 0.496 e. The number of carbonyl (C=O) groups is 2. The van der Waals surface area contributed by atoms with Crippen LogP contribution in [0.3, 0.4) is 0 Å². The summed E-state index contributed by atoms with van der Waals surface area (Å²) in [6.45, 7) is 0. The van der Waals surface area contributed by atoms with Crippen molar-refractivity contribution in [1.82, 2.24) is 0 Å². The number of benzene rings is 3. The molecular weight excluding hydrogens is 416 g/mol. The number of methoxy groups -OCH3 is 4. The summed E-state index contributed by atoms with van der Waals surface area (Å²) in [4.78, 5) is 22.8. The lowest BCUT2D eigenvalue weighted by Gasteiger charge is -2.17. The van der Waals surface area contributed by atoms with Gasteiger partial charge in [0.2, 0.25) is 0 Å². The normalized spacial score (nSPS) is 10.4. The van der Waals surface area contributed by atoms with E-state index in [2.05, 4.69) is 0 Å². The van der Waals surface area contributed by atoms with Crippen molar-refractivity contribution in [2.24, 2.45) is 0 Å². The molecule has 0 aromatic heterocycles. The molecule has 8 heteroatoms. The third-order valence-electron chi connectivity index (χ3n) is 5.01. The molecule has 0 heterocycles. The van der Waals surface area contributed by atoms with Crippen LogP contribution in [0.5, 0.6) is 23.0 Å². The highest BCUT2D eigenvalue weighted by atomic mass is 16.5. The highest BCUT2D eigenvalue weighted by molar-refractivity contribution is 5.94. The maximum Gasteiger partial charge on any atom is 0.339 e. The number of rotatable bonds is 8. The lowest BCUT2D eigenvalue weighted by Crippen LogP contribution is -2.01. The fraction of sp³-hybridized carbons (Fsp3) is 0.167. The highest BCUT2D eigenvalue weighted by Gasteiger charge is 2.19. The third-order valence-corrected chi connectivity index (χ3v) is 5.01. The Labute approximate surface area is 184 Å². The van der Waals surface area contributed by atoms with E-state index in [4.69, 9.17) is 18.9 Å². The molecule has 0 aliphatic heterocycles. The van der Waals surface area contributed by atoms with E-state index in [9.17, 15) is 19.8 Å². The van der Waals surface area contributed by atoms with Crippen LogP contribution in [0.2, 0.25) is 0 Å². The van der Waals surface area contributed by atoms with Crippen molar-refractivity contribution in [2.45, 2.75) is 0 Å². The molecule has 2 N–H and O–H groups in total. The Morgan fingerprint density at radius 1 is 0.562 bits per heavy atom. The second-order valence-electron chi connectivity index (χ2n) is 6.69. The SMILES string of the molecule is COc1cc(-c2cc(OC)c(-c3ccc(C(=O)O)c(OC)c3)cc2OC)ccc1C(=O)O. The van der Waals surface area contributed by atoms with Gasteiger partial charge in [-0.15, -0.1) is 0 Å². The predicted molar refractivity (Wildman–Crippen MR) is 117 cm³/mol. The molecule has 0 aliphatic rings. The molecule has 0 fully saturated rings. The molecule has 0 saturated carbocycles. The van der Waals surface area contributed by atoms with Crippen LogP contribution in [0.1, 0.15) is 20.7 Å². The van der Waals surface area contributed by atoms with Gasteiger partial charge in [0.05, 0.1) is 28.4 Å². The summed E-state index contributed by atoms with van der Waals surface area (Å²) in [5.41, 5.74) is 2.77. The molecule has 8 nitrogen and oxygen atoms in total. The van der Waals surface area contributed by atoms with Crippen LogP contribution in [-0.2, 0) is 0 Å². The van der Waals surface area contributed by atoms with Gasteiger partial charge in [0.25, 0.3) is 0 Å². The van der Waals surface area contributed by atoms with Crippen LogP contribution in [0.25, 0.3) is 22.3 Å². The molecule has 0 aliphatic carbocycles. The molecule has 0 atom stereocenters. The van der Waals surface area contributed by atoms with Crippen molar-refractivity contribution in [3.8, 4) is 45.3 Å². The van der Waals surface area contributed by atoms with Crippen LogP contribution in [-0.4, -0.2) is 50.6 Å². The number of aromatic carboxylic acids is 2. The molecule has 0 amide bonds. The molecule has 0 bridgehead atoms. The number of hydrogen-bond acceptors (Lipinski definition) is 6.